The number of aromatic nitrogens is 2. The predicted molar refractivity (Wildman–Crippen MR) is 103 cm³/mol. The van der Waals surface area contributed by atoms with Crippen molar-refractivity contribution in [2.75, 3.05) is 11.7 Å². The molecule has 1 aromatic heterocycles. The Hall–Kier alpha value is -2.82. The lowest BCUT2D eigenvalue weighted by atomic mass is 10.1. The van der Waals surface area contributed by atoms with Gasteiger partial charge in [-0.25, -0.2) is 14.9 Å². The minimum absolute atomic E-state index is 0.340. The van der Waals surface area contributed by atoms with E-state index in [0.29, 0.717) is 36.6 Å². The number of benzene rings is 1. The van der Waals surface area contributed by atoms with Crippen molar-refractivity contribution in [3.63, 3.8) is 0 Å². The first-order valence-corrected chi connectivity index (χ1v) is 9.46. The minimum Gasteiger partial charge on any atom is -0.493 e. The molecule has 0 N–H and O–H groups in total. The smallest absolute Gasteiger partial charge is 0.437 e. The van der Waals surface area contributed by atoms with E-state index in [1.54, 1.807) is 26.0 Å². The summed E-state index contributed by atoms with van der Waals surface area (Å²) < 4.78 is 70.3. The SMILES string of the molecule is Cc1cc(N2C=NC(C(F)(F)F)O2)cc(C)c1OCCCc1ccc(C(C)(F)F)nn1. The molecular formula is C20H21F5N4O2. The van der Waals surface area contributed by atoms with E-state index in [1.165, 1.54) is 12.1 Å². The van der Waals surface area contributed by atoms with Crippen molar-refractivity contribution in [1.82, 2.24) is 10.2 Å². The summed E-state index contributed by atoms with van der Waals surface area (Å²) in [6, 6.07) is 6.05. The highest BCUT2D eigenvalue weighted by Gasteiger charge is 2.44. The Balaban J connectivity index is 1.55. The Kier molecular flexibility index (Phi) is 6.44. The predicted octanol–water partition coefficient (Wildman–Crippen LogP) is 4.89. The van der Waals surface area contributed by atoms with E-state index in [1.807, 2.05) is 0 Å². The third-order valence-electron chi connectivity index (χ3n) is 4.49. The summed E-state index contributed by atoms with van der Waals surface area (Å²) in [5.41, 5.74) is 2.03. The van der Waals surface area contributed by atoms with Crippen LogP contribution in [0.15, 0.2) is 29.3 Å². The van der Waals surface area contributed by atoms with E-state index in [2.05, 4.69) is 15.2 Å². The van der Waals surface area contributed by atoms with Crippen LogP contribution >= 0.6 is 0 Å². The normalized spacial score (nSPS) is 16.8. The third-order valence-corrected chi connectivity index (χ3v) is 4.49. The molecule has 0 radical (unpaired) electrons. The molecule has 168 valence electrons. The summed E-state index contributed by atoms with van der Waals surface area (Å²) >= 11 is 0. The highest BCUT2D eigenvalue weighted by molar-refractivity contribution is 5.79. The molecule has 0 aliphatic carbocycles. The number of aliphatic imine (C=N–C) groups is 1. The maximum atomic E-state index is 13.2. The Labute approximate surface area is 175 Å². The quantitative estimate of drug-likeness (QED) is 0.450. The molecule has 1 atom stereocenters. The number of hydroxylamine groups is 1. The van der Waals surface area contributed by atoms with Crippen molar-refractivity contribution in [2.45, 2.75) is 51.9 Å². The monoisotopic (exact) mass is 444 g/mol. The van der Waals surface area contributed by atoms with Gasteiger partial charge >= 0.3 is 6.18 Å². The first-order chi connectivity index (χ1) is 14.4. The molecule has 3 rings (SSSR count). The van der Waals surface area contributed by atoms with Crippen molar-refractivity contribution in [1.29, 1.82) is 0 Å². The fourth-order valence-corrected chi connectivity index (χ4v) is 2.99. The Morgan fingerprint density at radius 3 is 2.26 bits per heavy atom. The van der Waals surface area contributed by atoms with Crippen LogP contribution < -0.4 is 9.80 Å². The second kappa shape index (κ2) is 8.74. The standard InChI is InChI=1S/C20H21F5N4O2/c1-12-9-15(29-11-26-18(31-29)20(23,24)25)10-13(2)17(12)30-8-4-5-14-6-7-16(28-27-14)19(3,21)22/h6-7,9-11,18H,4-5,8H2,1-3H3. The Morgan fingerprint density at radius 2 is 1.74 bits per heavy atom. The van der Waals surface area contributed by atoms with Crippen LogP contribution in [-0.4, -0.2) is 35.5 Å². The lowest BCUT2D eigenvalue weighted by molar-refractivity contribution is -0.210. The van der Waals surface area contributed by atoms with E-state index < -0.39 is 18.3 Å². The second-order valence-corrected chi connectivity index (χ2v) is 7.25. The van der Waals surface area contributed by atoms with Gasteiger partial charge in [0, 0.05) is 6.92 Å². The van der Waals surface area contributed by atoms with E-state index in [0.717, 1.165) is 29.5 Å². The molecule has 2 heterocycles. The van der Waals surface area contributed by atoms with Crippen LogP contribution in [0.3, 0.4) is 0 Å². The minimum atomic E-state index is -4.58. The van der Waals surface area contributed by atoms with Crippen LogP contribution in [0.1, 0.15) is 35.9 Å². The van der Waals surface area contributed by atoms with Gasteiger partial charge in [-0.1, -0.05) is 0 Å². The van der Waals surface area contributed by atoms with Crippen molar-refractivity contribution >= 4 is 12.0 Å². The van der Waals surface area contributed by atoms with Crippen LogP contribution in [0.5, 0.6) is 5.75 Å². The molecule has 11 heteroatoms. The maximum absolute atomic E-state index is 13.2. The Morgan fingerprint density at radius 1 is 1.06 bits per heavy atom. The molecular weight excluding hydrogens is 423 g/mol. The number of aryl methyl sites for hydroxylation is 3. The summed E-state index contributed by atoms with van der Waals surface area (Å²) in [5, 5.41) is 8.33. The summed E-state index contributed by atoms with van der Waals surface area (Å²) in [4.78, 5) is 8.15. The number of anilines is 1. The zero-order valence-corrected chi connectivity index (χ0v) is 17.1. The van der Waals surface area contributed by atoms with E-state index in [-0.39, 0.29) is 5.69 Å². The van der Waals surface area contributed by atoms with Gasteiger partial charge in [0.2, 0.25) is 0 Å². The molecule has 0 saturated heterocycles. The van der Waals surface area contributed by atoms with Crippen LogP contribution in [0.4, 0.5) is 27.6 Å². The van der Waals surface area contributed by atoms with Crippen molar-refractivity contribution < 1.29 is 31.5 Å². The van der Waals surface area contributed by atoms with Gasteiger partial charge in [-0.15, -0.1) is 5.10 Å². The van der Waals surface area contributed by atoms with Crippen molar-refractivity contribution in [3.8, 4) is 5.75 Å². The summed E-state index contributed by atoms with van der Waals surface area (Å²) in [7, 11) is 0. The van der Waals surface area contributed by atoms with Gasteiger partial charge in [0.05, 0.1) is 18.0 Å². The van der Waals surface area contributed by atoms with Crippen molar-refractivity contribution in [3.05, 3.63) is 46.8 Å². The first kappa shape index (κ1) is 22.9. The number of nitrogens with zero attached hydrogens (tertiary/aromatic N) is 4. The molecule has 2 aromatic rings. The lowest BCUT2D eigenvalue weighted by Gasteiger charge is -2.20. The molecule has 0 bridgehead atoms. The summed E-state index contributed by atoms with van der Waals surface area (Å²) in [6.07, 6.45) is -4.74. The number of alkyl halides is 5. The Bertz CT molecular complexity index is 919. The van der Waals surface area contributed by atoms with E-state index in [9.17, 15) is 22.0 Å². The van der Waals surface area contributed by atoms with Crippen molar-refractivity contribution in [2.24, 2.45) is 4.99 Å². The molecule has 0 spiro atoms. The van der Waals surface area contributed by atoms with E-state index in [4.69, 9.17) is 9.57 Å². The van der Waals surface area contributed by atoms with Crippen LogP contribution in [-0.2, 0) is 17.2 Å². The van der Waals surface area contributed by atoms with Gasteiger partial charge in [0.15, 0.2) is 0 Å². The van der Waals surface area contributed by atoms with Gasteiger partial charge in [0.25, 0.3) is 12.2 Å². The zero-order chi connectivity index (χ0) is 22.8. The average molecular weight is 444 g/mol. The molecule has 1 unspecified atom stereocenters. The number of hydrogen-bond acceptors (Lipinski definition) is 6. The van der Waals surface area contributed by atoms with Crippen LogP contribution in [0, 0.1) is 13.8 Å². The second-order valence-electron chi connectivity index (χ2n) is 7.25. The molecule has 6 nitrogen and oxygen atoms in total. The molecule has 0 fully saturated rings. The van der Waals surface area contributed by atoms with Gasteiger partial charge in [-0.2, -0.15) is 27.1 Å². The van der Waals surface area contributed by atoms with Gasteiger partial charge in [-0.3, -0.25) is 0 Å². The maximum Gasteiger partial charge on any atom is 0.437 e. The number of rotatable bonds is 7. The fourth-order valence-electron chi connectivity index (χ4n) is 2.99. The van der Waals surface area contributed by atoms with Gasteiger partial charge in [0.1, 0.15) is 17.8 Å². The first-order valence-electron chi connectivity index (χ1n) is 9.46. The van der Waals surface area contributed by atoms with Crippen LogP contribution in [0.25, 0.3) is 0 Å². The number of ether oxygens (including phenoxy) is 1. The largest absolute Gasteiger partial charge is 0.493 e. The molecule has 0 amide bonds. The molecule has 1 aliphatic rings. The lowest BCUT2D eigenvalue weighted by Crippen LogP contribution is -2.31. The van der Waals surface area contributed by atoms with E-state index >= 15 is 0 Å². The third kappa shape index (κ3) is 5.66. The van der Waals surface area contributed by atoms with Gasteiger partial charge < -0.3 is 4.74 Å². The van der Waals surface area contributed by atoms with Gasteiger partial charge in [-0.05, 0) is 62.1 Å². The zero-order valence-electron chi connectivity index (χ0n) is 17.1. The molecule has 31 heavy (non-hydrogen) atoms. The highest BCUT2D eigenvalue weighted by Crippen LogP contribution is 2.33. The highest BCUT2D eigenvalue weighted by atomic mass is 19.4. The fraction of sp³-hybridized carbons (Fsp3) is 0.450. The molecule has 1 aliphatic heterocycles. The number of hydrogen-bond donors (Lipinski definition) is 0. The van der Waals surface area contributed by atoms with Crippen LogP contribution in [0.2, 0.25) is 0 Å². The summed E-state index contributed by atoms with van der Waals surface area (Å²) in [6.45, 7) is 4.65. The molecule has 1 aromatic carbocycles. The average Bonchev–Trinajstić information content (AvgIpc) is 3.17. The molecule has 0 saturated carbocycles. The topological polar surface area (TPSA) is 59.8 Å². The number of halogens is 5. The summed E-state index contributed by atoms with van der Waals surface area (Å²) in [5.74, 6) is -2.42.